The molecule has 0 fully saturated rings. The fraction of sp³-hybridized carbons (Fsp3) is 0.889. The first-order valence-corrected chi connectivity index (χ1v) is 17.0. The molecular weight excluding hydrogens is 237 g/mol. The molecule has 0 nitrogen and oxygen atoms in total. The molecule has 0 radical (unpaired) electrons. The third kappa shape index (κ3) is 3.71. The van der Waals surface area contributed by atoms with Gasteiger partial charge in [0.25, 0.3) is 0 Å². The van der Waals surface area contributed by atoms with E-state index in [1.165, 1.54) is 0 Å². The van der Waals surface area contributed by atoms with E-state index in [2.05, 4.69) is 54.4 Å². The van der Waals surface area contributed by atoms with Crippen molar-refractivity contribution in [3.8, 4) is 0 Å². The average molecular weight is 261 g/mol. The van der Waals surface area contributed by atoms with Crippen LogP contribution in [0.25, 0.3) is 0 Å². The monoisotopic (exact) mass is 262 g/mol. The van der Waals surface area contributed by atoms with E-state index in [4.69, 9.17) is 0 Å². The van der Waals surface area contributed by atoms with Crippen LogP contribution in [-0.2, 0) is 0 Å². The van der Waals surface area contributed by atoms with E-state index in [0.29, 0.717) is 0 Å². The second kappa shape index (κ2) is 3.92. The molecule has 0 bridgehead atoms. The van der Waals surface area contributed by atoms with Crippen LogP contribution in [0.5, 0.6) is 0 Å². The van der Waals surface area contributed by atoms with Crippen LogP contribution < -0.4 is 0 Å². The van der Waals surface area contributed by atoms with E-state index in [9.17, 15) is 0 Å². The Labute approximate surface area is 84.4 Å². The van der Waals surface area contributed by atoms with Gasteiger partial charge in [-0.1, -0.05) is 0 Å². The Morgan fingerprint density at radius 3 is 1.00 bits per heavy atom. The number of hydrogen-bond donors (Lipinski definition) is 0. The molecule has 0 aromatic heterocycles. The Hall–Kier alpha value is 0.847. The first-order chi connectivity index (χ1) is 5.07. The maximum absolute atomic E-state index is 2.53. The first kappa shape index (κ1) is 12.8. The Bertz CT molecular complexity index is 174. The van der Waals surface area contributed by atoms with Crippen molar-refractivity contribution in [1.82, 2.24) is 0 Å². The van der Waals surface area contributed by atoms with Crippen LogP contribution in [0.2, 0.25) is 50.8 Å². The summed E-state index contributed by atoms with van der Waals surface area (Å²) in [5, 5.41) is 0. The minimum atomic E-state index is -0.933. The van der Waals surface area contributed by atoms with Gasteiger partial charge in [0.15, 0.2) is 0 Å². The zero-order valence-corrected chi connectivity index (χ0v) is 14.1. The Morgan fingerprint density at radius 1 is 0.750 bits per heavy atom. The van der Waals surface area contributed by atoms with Gasteiger partial charge in [-0.3, -0.25) is 0 Å². The second-order valence-corrected chi connectivity index (χ2v) is 23.7. The van der Waals surface area contributed by atoms with Crippen molar-refractivity contribution in [2.45, 2.75) is 50.8 Å². The summed E-state index contributed by atoms with van der Waals surface area (Å²) < 4.78 is 2.11. The summed E-state index contributed by atoms with van der Waals surface area (Å²) >= 11 is -0.756. The van der Waals surface area contributed by atoms with Crippen LogP contribution >= 0.6 is 0 Å². The van der Waals surface area contributed by atoms with Crippen LogP contribution in [0.3, 0.4) is 0 Å². The van der Waals surface area contributed by atoms with Crippen molar-refractivity contribution < 1.29 is 0 Å². The van der Waals surface area contributed by atoms with E-state index in [1.54, 1.807) is 0 Å². The van der Waals surface area contributed by atoms with E-state index < -0.39 is 30.1 Å². The standard InChI is InChI=1S/C9H24GeSi2/c1-10(2)9(11(3,4)5)12(6,7)8/h1-8H3. The fourth-order valence-corrected chi connectivity index (χ4v) is 33.5. The number of rotatable bonds is 2. The van der Waals surface area contributed by atoms with Crippen LogP contribution in [0.15, 0.2) is 0 Å². The van der Waals surface area contributed by atoms with Crippen molar-refractivity contribution >= 4 is 33.7 Å². The molecule has 0 unspecified atom stereocenters. The Morgan fingerprint density at radius 2 is 1.00 bits per heavy atom. The number of hydrogen-bond acceptors (Lipinski definition) is 0. The Kier molecular flexibility index (Phi) is 4.20. The van der Waals surface area contributed by atoms with Gasteiger partial charge in [-0.05, 0) is 0 Å². The van der Waals surface area contributed by atoms with Gasteiger partial charge in [0.2, 0.25) is 0 Å². The predicted octanol–water partition coefficient (Wildman–Crippen LogP) is 3.25. The van der Waals surface area contributed by atoms with Crippen molar-refractivity contribution in [3.05, 3.63) is 0 Å². The average Bonchev–Trinajstić information content (AvgIpc) is 1.49. The third-order valence-electron chi connectivity index (χ3n) is 2.00. The van der Waals surface area contributed by atoms with Crippen LogP contribution in [0, 0.1) is 0 Å². The molecule has 3 heteroatoms. The molecule has 12 heavy (non-hydrogen) atoms. The zero-order valence-electron chi connectivity index (χ0n) is 10.0. The topological polar surface area (TPSA) is 0 Å². The molecule has 0 aliphatic heterocycles. The maximum atomic E-state index is 2.53. The summed E-state index contributed by atoms with van der Waals surface area (Å²) in [6, 6.07) is 0. The molecule has 0 atom stereocenters. The molecule has 0 aromatic carbocycles. The van der Waals surface area contributed by atoms with Crippen LogP contribution in [0.1, 0.15) is 0 Å². The summed E-state index contributed by atoms with van der Waals surface area (Å²) in [7, 11) is -1.87. The van der Waals surface area contributed by atoms with Gasteiger partial charge in [0.1, 0.15) is 0 Å². The predicted molar refractivity (Wildman–Crippen MR) is 69.2 cm³/mol. The van der Waals surface area contributed by atoms with Gasteiger partial charge >= 0.3 is 84.4 Å². The molecule has 0 aliphatic rings. The van der Waals surface area contributed by atoms with Crippen molar-refractivity contribution in [1.29, 1.82) is 0 Å². The van der Waals surface area contributed by atoms with E-state index in [1.807, 2.05) is 0 Å². The molecule has 0 spiro atoms. The molecule has 0 saturated carbocycles. The van der Waals surface area contributed by atoms with Crippen molar-refractivity contribution in [2.75, 3.05) is 0 Å². The summed E-state index contributed by atoms with van der Waals surface area (Å²) in [6.45, 7) is 15.2. The van der Waals surface area contributed by atoms with Crippen LogP contribution in [-0.4, -0.2) is 33.7 Å². The van der Waals surface area contributed by atoms with Gasteiger partial charge < -0.3 is 0 Å². The molecule has 0 N–H and O–H groups in total. The van der Waals surface area contributed by atoms with E-state index >= 15 is 0 Å². The van der Waals surface area contributed by atoms with Crippen molar-refractivity contribution in [2.24, 2.45) is 0 Å². The molecular formula is C9H24GeSi2. The molecule has 0 amide bonds. The molecule has 0 aromatic rings. The second-order valence-electron chi connectivity index (χ2n) is 5.88. The SMILES string of the molecule is [CH3][Ge]([CH3])=[C]([Si](C)(C)C)[Si](C)(C)C. The van der Waals surface area contributed by atoms with Gasteiger partial charge in [-0.15, -0.1) is 0 Å². The first-order valence-electron chi connectivity index (χ1n) is 4.75. The normalized spacial score (nSPS) is 13.0. The summed E-state index contributed by atoms with van der Waals surface area (Å²) in [4.78, 5) is 0. The van der Waals surface area contributed by atoms with E-state index in [-0.39, 0.29) is 0 Å². The van der Waals surface area contributed by atoms with Crippen LogP contribution in [0.4, 0.5) is 0 Å². The molecule has 0 aliphatic carbocycles. The summed E-state index contributed by atoms with van der Waals surface area (Å²) in [6.07, 6.45) is 0. The summed E-state index contributed by atoms with van der Waals surface area (Å²) in [5.41, 5.74) is 0. The quantitative estimate of drug-likeness (QED) is 0.669. The molecule has 0 saturated heterocycles. The third-order valence-corrected chi connectivity index (χ3v) is 26.2. The van der Waals surface area contributed by atoms with Gasteiger partial charge in [0, 0.05) is 0 Å². The zero-order chi connectivity index (χ0) is 10.2. The van der Waals surface area contributed by atoms with Gasteiger partial charge in [-0.25, -0.2) is 0 Å². The van der Waals surface area contributed by atoms with E-state index in [0.717, 1.165) is 0 Å². The molecule has 72 valence electrons. The summed E-state index contributed by atoms with van der Waals surface area (Å²) in [5.74, 6) is 5.07. The molecule has 0 heterocycles. The van der Waals surface area contributed by atoms with Gasteiger partial charge in [-0.2, -0.15) is 0 Å². The molecule has 0 rings (SSSR count). The Balaban J connectivity index is 5.13. The minimum absolute atomic E-state index is 0.756. The fourth-order valence-electron chi connectivity index (χ4n) is 2.62. The van der Waals surface area contributed by atoms with Gasteiger partial charge in [0.05, 0.1) is 0 Å². The van der Waals surface area contributed by atoms with Crippen molar-refractivity contribution in [3.63, 3.8) is 0 Å².